The molecule has 13 heavy (non-hydrogen) atoms. The van der Waals surface area contributed by atoms with Crippen LogP contribution in [0.1, 0.15) is 40.0 Å². The predicted octanol–water partition coefficient (Wildman–Crippen LogP) is 2.96. The van der Waals surface area contributed by atoms with Gasteiger partial charge in [0.25, 0.3) is 0 Å². The van der Waals surface area contributed by atoms with Crippen molar-refractivity contribution in [3.05, 3.63) is 12.2 Å². The first-order chi connectivity index (χ1) is 5.91. The van der Waals surface area contributed by atoms with Crippen LogP contribution in [0.2, 0.25) is 0 Å². The molecule has 0 saturated heterocycles. The first kappa shape index (κ1) is 8.98. The van der Waals surface area contributed by atoms with Crippen molar-refractivity contribution in [2.45, 2.75) is 40.0 Å². The summed E-state index contributed by atoms with van der Waals surface area (Å²) in [6, 6.07) is 0. The number of rotatable bonds is 1. The van der Waals surface area contributed by atoms with Crippen molar-refractivity contribution in [1.82, 2.24) is 0 Å². The molecule has 2 unspecified atom stereocenters. The average Bonchev–Trinajstić information content (AvgIpc) is 2.53. The van der Waals surface area contributed by atoms with Crippen molar-refractivity contribution in [2.75, 3.05) is 0 Å². The molecule has 2 fully saturated rings. The molecule has 2 saturated carbocycles. The lowest BCUT2D eigenvalue weighted by Crippen LogP contribution is -2.32. The minimum Gasteiger partial charge on any atom is -0.299 e. The molecular formula is C12H18O. The van der Waals surface area contributed by atoms with Gasteiger partial charge in [0.15, 0.2) is 0 Å². The number of hydrogen-bond acceptors (Lipinski definition) is 1. The summed E-state index contributed by atoms with van der Waals surface area (Å²) in [7, 11) is 0. The largest absolute Gasteiger partial charge is 0.299 e. The fraction of sp³-hybridized carbons (Fsp3) is 0.750. The maximum atomic E-state index is 11.7. The van der Waals surface area contributed by atoms with Gasteiger partial charge in [-0.3, -0.25) is 4.79 Å². The van der Waals surface area contributed by atoms with Gasteiger partial charge in [-0.05, 0) is 37.5 Å². The molecule has 2 aliphatic carbocycles. The van der Waals surface area contributed by atoms with E-state index in [4.69, 9.17) is 0 Å². The van der Waals surface area contributed by atoms with Crippen molar-refractivity contribution < 1.29 is 4.79 Å². The molecule has 2 bridgehead atoms. The van der Waals surface area contributed by atoms with E-state index in [9.17, 15) is 4.79 Å². The molecule has 2 rings (SSSR count). The van der Waals surface area contributed by atoms with Gasteiger partial charge in [0, 0.05) is 0 Å². The second-order valence-corrected chi connectivity index (χ2v) is 5.28. The van der Waals surface area contributed by atoms with E-state index in [2.05, 4.69) is 20.4 Å². The van der Waals surface area contributed by atoms with Crippen LogP contribution in [0.25, 0.3) is 0 Å². The molecule has 0 spiro atoms. The Bertz CT molecular complexity index is 287. The fourth-order valence-electron chi connectivity index (χ4n) is 3.33. The maximum absolute atomic E-state index is 11.7. The number of carbonyl (C=O) groups is 1. The third-order valence-corrected chi connectivity index (χ3v) is 4.56. The Balaban J connectivity index is 2.46. The molecule has 0 radical (unpaired) electrons. The van der Waals surface area contributed by atoms with E-state index in [0.717, 1.165) is 12.8 Å². The number of hydrogen-bond donors (Lipinski definition) is 0. The van der Waals surface area contributed by atoms with Crippen LogP contribution < -0.4 is 0 Å². The molecule has 0 aromatic heterocycles. The second-order valence-electron chi connectivity index (χ2n) is 5.28. The standard InChI is InChI=1S/C12H18O/c1-8-11(3,4)10-5-6-12(8,7-10)9(2)13/h10H,1,5-7H2,2-4H3. The van der Waals surface area contributed by atoms with Gasteiger partial charge in [-0.25, -0.2) is 0 Å². The summed E-state index contributed by atoms with van der Waals surface area (Å²) in [6.45, 7) is 10.4. The van der Waals surface area contributed by atoms with E-state index < -0.39 is 0 Å². The summed E-state index contributed by atoms with van der Waals surface area (Å²) >= 11 is 0. The van der Waals surface area contributed by atoms with E-state index in [-0.39, 0.29) is 10.8 Å². The molecule has 0 heterocycles. The first-order valence-electron chi connectivity index (χ1n) is 5.12. The van der Waals surface area contributed by atoms with E-state index >= 15 is 0 Å². The number of carbonyl (C=O) groups excluding carboxylic acids is 1. The highest BCUT2D eigenvalue weighted by Crippen LogP contribution is 2.65. The number of allylic oxidation sites excluding steroid dienone is 1. The minimum absolute atomic E-state index is 0.131. The zero-order chi connectivity index (χ0) is 9.85. The number of ketones is 1. The van der Waals surface area contributed by atoms with E-state index in [1.54, 1.807) is 6.92 Å². The van der Waals surface area contributed by atoms with Gasteiger partial charge in [0.2, 0.25) is 0 Å². The van der Waals surface area contributed by atoms with Crippen LogP contribution >= 0.6 is 0 Å². The summed E-state index contributed by atoms with van der Waals surface area (Å²) in [5.74, 6) is 1.04. The van der Waals surface area contributed by atoms with Crippen molar-refractivity contribution in [2.24, 2.45) is 16.7 Å². The summed E-state index contributed by atoms with van der Waals surface area (Å²) in [6.07, 6.45) is 3.33. The fourth-order valence-corrected chi connectivity index (χ4v) is 3.33. The van der Waals surface area contributed by atoms with Gasteiger partial charge in [-0.2, -0.15) is 0 Å². The molecule has 1 heteroatoms. The lowest BCUT2D eigenvalue weighted by Gasteiger charge is -2.36. The number of Topliss-reactive ketones (excluding diaryl/α,β-unsaturated/α-hetero) is 1. The molecule has 1 nitrogen and oxygen atoms in total. The topological polar surface area (TPSA) is 17.1 Å². The van der Waals surface area contributed by atoms with Crippen molar-refractivity contribution in [1.29, 1.82) is 0 Å². The predicted molar refractivity (Wildman–Crippen MR) is 53.4 cm³/mol. The molecule has 0 aromatic rings. The molecule has 0 aliphatic heterocycles. The van der Waals surface area contributed by atoms with Crippen molar-refractivity contribution in [3.63, 3.8) is 0 Å². The van der Waals surface area contributed by atoms with Gasteiger partial charge in [0.1, 0.15) is 5.78 Å². The lowest BCUT2D eigenvalue weighted by atomic mass is 9.67. The van der Waals surface area contributed by atoms with Gasteiger partial charge >= 0.3 is 0 Å². The maximum Gasteiger partial charge on any atom is 0.140 e. The Hall–Kier alpha value is -0.590. The highest BCUT2D eigenvalue weighted by molar-refractivity contribution is 5.87. The van der Waals surface area contributed by atoms with Gasteiger partial charge in [0.05, 0.1) is 5.41 Å². The Kier molecular flexibility index (Phi) is 1.56. The molecule has 72 valence electrons. The normalized spacial score (nSPS) is 41.2. The molecule has 0 aromatic carbocycles. The smallest absolute Gasteiger partial charge is 0.140 e. The molecule has 2 aliphatic rings. The van der Waals surface area contributed by atoms with Crippen LogP contribution in [0.4, 0.5) is 0 Å². The molecule has 0 amide bonds. The highest BCUT2D eigenvalue weighted by Gasteiger charge is 2.59. The monoisotopic (exact) mass is 178 g/mol. The Labute approximate surface area is 80.2 Å². The molecule has 2 atom stereocenters. The minimum atomic E-state index is -0.131. The van der Waals surface area contributed by atoms with Crippen molar-refractivity contribution >= 4 is 5.78 Å². The zero-order valence-electron chi connectivity index (χ0n) is 8.81. The Morgan fingerprint density at radius 2 is 2.15 bits per heavy atom. The van der Waals surface area contributed by atoms with E-state index in [1.807, 2.05) is 0 Å². The Morgan fingerprint density at radius 3 is 2.46 bits per heavy atom. The van der Waals surface area contributed by atoms with E-state index in [0.29, 0.717) is 11.7 Å². The van der Waals surface area contributed by atoms with Crippen LogP contribution in [-0.2, 0) is 4.79 Å². The molecule has 0 N–H and O–H groups in total. The van der Waals surface area contributed by atoms with Crippen LogP contribution in [0, 0.1) is 16.7 Å². The summed E-state index contributed by atoms with van der Waals surface area (Å²) in [4.78, 5) is 11.7. The summed E-state index contributed by atoms with van der Waals surface area (Å²) in [5, 5.41) is 0. The quantitative estimate of drug-likeness (QED) is 0.564. The third-order valence-electron chi connectivity index (χ3n) is 4.56. The Morgan fingerprint density at radius 1 is 1.54 bits per heavy atom. The lowest BCUT2D eigenvalue weighted by molar-refractivity contribution is -0.124. The van der Waals surface area contributed by atoms with Gasteiger partial charge < -0.3 is 0 Å². The van der Waals surface area contributed by atoms with Crippen LogP contribution in [0.15, 0.2) is 12.2 Å². The zero-order valence-corrected chi connectivity index (χ0v) is 8.81. The average molecular weight is 178 g/mol. The van der Waals surface area contributed by atoms with Crippen LogP contribution in [-0.4, -0.2) is 5.78 Å². The van der Waals surface area contributed by atoms with Gasteiger partial charge in [-0.15, -0.1) is 0 Å². The van der Waals surface area contributed by atoms with Crippen LogP contribution in [0.5, 0.6) is 0 Å². The summed E-state index contributed by atoms with van der Waals surface area (Å²) in [5.41, 5.74) is 1.27. The van der Waals surface area contributed by atoms with E-state index in [1.165, 1.54) is 12.0 Å². The third kappa shape index (κ3) is 0.853. The highest BCUT2D eigenvalue weighted by atomic mass is 16.1. The van der Waals surface area contributed by atoms with Gasteiger partial charge in [-0.1, -0.05) is 26.0 Å². The summed E-state index contributed by atoms with van der Waals surface area (Å²) < 4.78 is 0. The van der Waals surface area contributed by atoms with Crippen molar-refractivity contribution in [3.8, 4) is 0 Å². The second kappa shape index (κ2) is 2.26. The number of fused-ring (bicyclic) bond motifs is 2. The van der Waals surface area contributed by atoms with Crippen LogP contribution in [0.3, 0.4) is 0 Å². The first-order valence-corrected chi connectivity index (χ1v) is 5.12. The SMILES string of the molecule is C=C1C2(C(C)=O)CCC(C2)C1(C)C. The molecular weight excluding hydrogens is 160 g/mol.